The van der Waals surface area contributed by atoms with Gasteiger partial charge in [-0.05, 0) is 33.4 Å². The summed E-state index contributed by atoms with van der Waals surface area (Å²) in [6, 6.07) is 11.5. The van der Waals surface area contributed by atoms with E-state index in [0.717, 1.165) is 6.04 Å². The molecule has 0 amide bonds. The molecule has 1 fully saturated rings. The number of likely N-dealkylation sites (N-methyl/N-ethyl adjacent to an activating group) is 1. The lowest BCUT2D eigenvalue weighted by Crippen LogP contribution is -2.54. The quantitative estimate of drug-likeness (QED) is 0.611. The van der Waals surface area contributed by atoms with Crippen molar-refractivity contribution in [1.29, 1.82) is 0 Å². The van der Waals surface area contributed by atoms with Crippen molar-refractivity contribution in [1.82, 2.24) is 4.57 Å². The van der Waals surface area contributed by atoms with Gasteiger partial charge in [0.25, 0.3) is 0 Å². The van der Waals surface area contributed by atoms with Gasteiger partial charge in [-0.2, -0.15) is 0 Å². The number of rotatable bonds is 5. The largest absolute Gasteiger partial charge is 0.432 e. The van der Waals surface area contributed by atoms with Crippen LogP contribution in [0.4, 0.5) is 0 Å². The molecule has 20 heavy (non-hydrogen) atoms. The molecule has 0 spiro atoms. The van der Waals surface area contributed by atoms with E-state index in [1.54, 1.807) is 0 Å². The van der Waals surface area contributed by atoms with E-state index in [0.29, 0.717) is 6.04 Å². The van der Waals surface area contributed by atoms with Crippen molar-refractivity contribution in [2.24, 2.45) is 0 Å². The van der Waals surface area contributed by atoms with Crippen LogP contribution in [-0.4, -0.2) is 32.5 Å². The minimum Gasteiger partial charge on any atom is -0.380 e. The first-order chi connectivity index (χ1) is 9.50. The predicted octanol–water partition coefficient (Wildman–Crippen LogP) is 3.63. The second kappa shape index (κ2) is 6.22. The molecule has 0 aliphatic carbocycles. The highest BCUT2D eigenvalue weighted by Crippen LogP contribution is 2.40. The Labute approximate surface area is 123 Å². The lowest BCUT2D eigenvalue weighted by molar-refractivity contribution is 0.112. The summed E-state index contributed by atoms with van der Waals surface area (Å²) in [4.78, 5) is 0. The Bertz CT molecular complexity index is 451. The summed E-state index contributed by atoms with van der Waals surface area (Å²) in [5.74, 6) is 0. The zero-order valence-electron chi connectivity index (χ0n) is 12.9. The van der Waals surface area contributed by atoms with E-state index in [1.165, 1.54) is 5.56 Å². The second-order valence-electron chi connectivity index (χ2n) is 5.67. The summed E-state index contributed by atoms with van der Waals surface area (Å²) in [6.07, 6.45) is 2.16. The Kier molecular flexibility index (Phi) is 4.81. The maximum absolute atomic E-state index is 6.48. The van der Waals surface area contributed by atoms with Crippen LogP contribution in [0, 0.1) is 0 Å². The van der Waals surface area contributed by atoms with Gasteiger partial charge < -0.3 is 8.85 Å². The van der Waals surface area contributed by atoms with Crippen molar-refractivity contribution < 1.29 is 8.85 Å². The fourth-order valence-corrected chi connectivity index (χ4v) is 6.24. The molecule has 0 saturated carbocycles. The number of hydrogen-bond acceptors (Lipinski definition) is 3. The number of nitrogens with zero attached hydrogens (tertiary/aromatic N) is 1. The molecule has 1 aromatic rings. The predicted molar refractivity (Wildman–Crippen MR) is 84.5 cm³/mol. The molecule has 2 rings (SSSR count). The van der Waals surface area contributed by atoms with Gasteiger partial charge in [-0.1, -0.05) is 36.4 Å². The van der Waals surface area contributed by atoms with Crippen molar-refractivity contribution in [3.05, 3.63) is 48.6 Å². The van der Waals surface area contributed by atoms with Gasteiger partial charge in [0, 0.05) is 18.2 Å². The van der Waals surface area contributed by atoms with Crippen molar-refractivity contribution in [2.75, 3.05) is 7.05 Å². The third kappa shape index (κ3) is 2.88. The molecule has 4 heteroatoms. The SMILES string of the molecule is C=CC[Si]1(OC(C)C)O[C@@H](c2ccccc2)[C@H](C)N1C. The number of allylic oxidation sites excluding steroid dienone is 1. The van der Waals surface area contributed by atoms with Crippen molar-refractivity contribution >= 4 is 8.72 Å². The Morgan fingerprint density at radius 3 is 2.60 bits per heavy atom. The highest BCUT2D eigenvalue weighted by Gasteiger charge is 2.54. The molecule has 0 aromatic heterocycles. The molecule has 110 valence electrons. The third-order valence-corrected chi connectivity index (χ3v) is 7.60. The minimum absolute atomic E-state index is 0.0755. The van der Waals surface area contributed by atoms with Crippen LogP contribution < -0.4 is 0 Å². The summed E-state index contributed by atoms with van der Waals surface area (Å²) < 4.78 is 15.0. The normalized spacial score (nSPS) is 30.9. The van der Waals surface area contributed by atoms with Crippen molar-refractivity contribution in [2.45, 2.75) is 45.1 Å². The Balaban J connectivity index is 2.30. The minimum atomic E-state index is -2.39. The van der Waals surface area contributed by atoms with Crippen LogP contribution in [0.25, 0.3) is 0 Å². The Morgan fingerprint density at radius 1 is 1.40 bits per heavy atom. The van der Waals surface area contributed by atoms with Gasteiger partial charge in [0.1, 0.15) is 0 Å². The standard InChI is InChI=1S/C16H25NO2Si/c1-6-12-20(18-13(2)3)17(5)14(4)16(19-20)15-10-8-7-9-11-15/h6-11,13-14,16H,1,12H2,2-5H3/t14-,16+,20?/m0/s1. The first kappa shape index (κ1) is 15.4. The maximum atomic E-state index is 6.48. The van der Waals surface area contributed by atoms with Crippen LogP contribution >= 0.6 is 0 Å². The van der Waals surface area contributed by atoms with Gasteiger partial charge in [-0.3, -0.25) is 4.57 Å². The molecule has 1 aliphatic heterocycles. The van der Waals surface area contributed by atoms with Crippen molar-refractivity contribution in [3.8, 4) is 0 Å². The van der Waals surface area contributed by atoms with E-state index in [9.17, 15) is 0 Å². The van der Waals surface area contributed by atoms with Crippen LogP contribution in [0.1, 0.15) is 32.4 Å². The summed E-state index contributed by atoms with van der Waals surface area (Å²) in [6.45, 7) is 10.2. The van der Waals surface area contributed by atoms with Crippen LogP contribution in [0.5, 0.6) is 0 Å². The van der Waals surface area contributed by atoms with Gasteiger partial charge in [0.15, 0.2) is 0 Å². The van der Waals surface area contributed by atoms with Crippen LogP contribution in [-0.2, 0) is 8.85 Å². The molecule has 1 saturated heterocycles. The van der Waals surface area contributed by atoms with Crippen molar-refractivity contribution in [3.63, 3.8) is 0 Å². The lowest BCUT2D eigenvalue weighted by atomic mass is 10.0. The van der Waals surface area contributed by atoms with E-state index < -0.39 is 8.72 Å². The number of hydrogen-bond donors (Lipinski definition) is 0. The van der Waals surface area contributed by atoms with E-state index in [2.05, 4.69) is 63.2 Å². The van der Waals surface area contributed by atoms with Gasteiger partial charge >= 0.3 is 8.72 Å². The molecular formula is C16H25NO2Si. The first-order valence-electron chi connectivity index (χ1n) is 7.24. The Morgan fingerprint density at radius 2 is 2.05 bits per heavy atom. The zero-order valence-corrected chi connectivity index (χ0v) is 13.9. The van der Waals surface area contributed by atoms with E-state index in [-0.39, 0.29) is 12.2 Å². The molecule has 0 radical (unpaired) electrons. The molecule has 1 aromatic carbocycles. The van der Waals surface area contributed by atoms with E-state index >= 15 is 0 Å². The first-order valence-corrected chi connectivity index (χ1v) is 9.21. The fourth-order valence-electron chi connectivity index (χ4n) is 2.78. The summed E-state index contributed by atoms with van der Waals surface area (Å²) in [7, 11) is -0.276. The molecule has 0 bridgehead atoms. The average molecular weight is 291 g/mol. The fraction of sp³-hybridized carbons (Fsp3) is 0.500. The highest BCUT2D eigenvalue weighted by molar-refractivity contribution is 6.65. The monoisotopic (exact) mass is 291 g/mol. The summed E-state index contributed by atoms with van der Waals surface area (Å²) in [5, 5.41) is 0. The molecule has 0 N–H and O–H groups in total. The third-order valence-electron chi connectivity index (χ3n) is 3.85. The zero-order chi connectivity index (χ0) is 14.8. The average Bonchev–Trinajstić information content (AvgIpc) is 2.65. The van der Waals surface area contributed by atoms with Gasteiger partial charge in [-0.15, -0.1) is 6.58 Å². The molecule has 3 atom stereocenters. The smallest absolute Gasteiger partial charge is 0.380 e. The second-order valence-corrected chi connectivity index (χ2v) is 8.68. The van der Waals surface area contributed by atoms with Gasteiger partial charge in [0.2, 0.25) is 0 Å². The Hall–Kier alpha value is -0.943. The molecule has 1 aliphatic rings. The van der Waals surface area contributed by atoms with Gasteiger partial charge in [-0.25, -0.2) is 0 Å². The number of benzene rings is 1. The summed E-state index contributed by atoms with van der Waals surface area (Å²) >= 11 is 0. The van der Waals surface area contributed by atoms with Crippen LogP contribution in [0.3, 0.4) is 0 Å². The maximum Gasteiger partial charge on any atom is 0.432 e. The van der Waals surface area contributed by atoms with Crippen LogP contribution in [0.15, 0.2) is 43.0 Å². The molecule has 1 unspecified atom stereocenters. The highest BCUT2D eigenvalue weighted by atomic mass is 28.4. The van der Waals surface area contributed by atoms with E-state index in [4.69, 9.17) is 8.85 Å². The van der Waals surface area contributed by atoms with Gasteiger partial charge in [0.05, 0.1) is 6.10 Å². The topological polar surface area (TPSA) is 21.7 Å². The lowest BCUT2D eigenvalue weighted by Gasteiger charge is -2.32. The summed E-state index contributed by atoms with van der Waals surface area (Å²) in [5.41, 5.74) is 1.22. The van der Waals surface area contributed by atoms with Crippen LogP contribution in [0.2, 0.25) is 6.04 Å². The molecular weight excluding hydrogens is 266 g/mol. The van der Waals surface area contributed by atoms with E-state index in [1.807, 2.05) is 12.1 Å². The molecule has 3 nitrogen and oxygen atoms in total. The molecule has 1 heterocycles.